The van der Waals surface area contributed by atoms with Crippen LogP contribution in [0.15, 0.2) is 79.4 Å². The molecule has 176 valence electrons. The topological polar surface area (TPSA) is 112 Å². The van der Waals surface area contributed by atoms with Crippen molar-refractivity contribution in [2.45, 2.75) is 13.8 Å². The van der Waals surface area contributed by atoms with E-state index in [1.54, 1.807) is 18.6 Å². The van der Waals surface area contributed by atoms with E-state index >= 15 is 0 Å². The average molecular weight is 474 g/mol. The quantitative estimate of drug-likeness (QED) is 0.292. The Morgan fingerprint density at radius 1 is 0.889 bits per heavy atom. The molecule has 0 spiro atoms. The summed E-state index contributed by atoms with van der Waals surface area (Å²) in [6.45, 7) is 3.72. The van der Waals surface area contributed by atoms with Crippen molar-refractivity contribution >= 4 is 33.5 Å². The second-order valence-corrected chi connectivity index (χ2v) is 8.97. The van der Waals surface area contributed by atoms with Crippen LogP contribution in [0.4, 0.5) is 5.69 Å². The maximum absolute atomic E-state index is 12.1. The van der Waals surface area contributed by atoms with E-state index in [1.807, 2.05) is 68.6 Å². The van der Waals surface area contributed by atoms with Crippen LogP contribution in [0, 0.1) is 5.92 Å². The number of hydrogen-bond donors (Lipinski definition) is 3. The van der Waals surface area contributed by atoms with E-state index < -0.39 is 0 Å². The van der Waals surface area contributed by atoms with E-state index in [4.69, 9.17) is 4.98 Å². The van der Waals surface area contributed by atoms with E-state index in [9.17, 15) is 4.79 Å². The summed E-state index contributed by atoms with van der Waals surface area (Å²) in [7, 11) is 0. The van der Waals surface area contributed by atoms with Gasteiger partial charge in [0.15, 0.2) is 5.82 Å². The number of aromatic amines is 2. The zero-order valence-corrected chi connectivity index (χ0v) is 19.8. The summed E-state index contributed by atoms with van der Waals surface area (Å²) in [5.74, 6) is 0.527. The highest BCUT2D eigenvalue weighted by Crippen LogP contribution is 2.33. The minimum atomic E-state index is -0.110. The van der Waals surface area contributed by atoms with Crippen molar-refractivity contribution in [1.29, 1.82) is 0 Å². The first kappa shape index (κ1) is 21.7. The molecule has 0 unspecified atom stereocenters. The summed E-state index contributed by atoms with van der Waals surface area (Å²) in [5, 5.41) is 11.5. The largest absolute Gasteiger partial charge is 0.337 e. The maximum atomic E-state index is 12.1. The molecule has 0 saturated carbocycles. The molecular formula is C28H23N7O. The Morgan fingerprint density at radius 3 is 2.61 bits per heavy atom. The summed E-state index contributed by atoms with van der Waals surface area (Å²) in [4.78, 5) is 29.1. The Balaban J connectivity index is 1.41. The van der Waals surface area contributed by atoms with Gasteiger partial charge in [-0.2, -0.15) is 5.10 Å². The number of carbonyl (C=O) groups is 1. The number of carbonyl (C=O) groups excluding carboxylic acids is 1. The molecule has 0 aliphatic carbocycles. The van der Waals surface area contributed by atoms with E-state index in [1.165, 1.54) is 0 Å². The summed E-state index contributed by atoms with van der Waals surface area (Å²) in [6.07, 6.45) is 7.04. The van der Waals surface area contributed by atoms with E-state index in [0.717, 1.165) is 49.9 Å². The molecule has 0 radical (unpaired) electrons. The van der Waals surface area contributed by atoms with Gasteiger partial charge < -0.3 is 10.3 Å². The first-order chi connectivity index (χ1) is 17.6. The van der Waals surface area contributed by atoms with Crippen LogP contribution in [-0.2, 0) is 4.79 Å². The Hall–Kier alpha value is -4.85. The lowest BCUT2D eigenvalue weighted by Crippen LogP contribution is -2.17. The number of nitrogens with zero attached hydrogens (tertiary/aromatic N) is 4. The number of amides is 1. The van der Waals surface area contributed by atoms with Crippen LogP contribution in [0.2, 0.25) is 0 Å². The number of fused-ring (bicyclic) bond motifs is 2. The molecule has 2 aromatic carbocycles. The van der Waals surface area contributed by atoms with Crippen LogP contribution in [0.1, 0.15) is 13.8 Å². The lowest BCUT2D eigenvalue weighted by Gasteiger charge is -2.09. The number of hydrogen-bond acceptors (Lipinski definition) is 5. The number of imidazole rings is 1. The van der Waals surface area contributed by atoms with E-state index in [-0.39, 0.29) is 11.8 Å². The molecule has 6 aromatic rings. The Labute approximate surface area is 206 Å². The van der Waals surface area contributed by atoms with Gasteiger partial charge >= 0.3 is 0 Å². The van der Waals surface area contributed by atoms with Crippen molar-refractivity contribution in [2.75, 3.05) is 5.32 Å². The Kier molecular flexibility index (Phi) is 5.26. The second-order valence-electron chi connectivity index (χ2n) is 8.97. The van der Waals surface area contributed by atoms with Crippen molar-refractivity contribution in [1.82, 2.24) is 30.1 Å². The van der Waals surface area contributed by atoms with Crippen LogP contribution in [0.3, 0.4) is 0 Å². The highest BCUT2D eigenvalue weighted by atomic mass is 16.1. The van der Waals surface area contributed by atoms with Crippen molar-refractivity contribution < 1.29 is 4.79 Å². The smallest absolute Gasteiger partial charge is 0.226 e. The molecule has 1 amide bonds. The predicted octanol–water partition coefficient (Wildman–Crippen LogP) is 5.82. The fourth-order valence-corrected chi connectivity index (χ4v) is 4.23. The SMILES string of the molecule is CC(C)C(=O)Nc1cncc(-c2ccc3[nH]nc(-c4nc5c(-c6cccnc6)cccc5[nH]4)c3c2)c1. The molecule has 8 nitrogen and oxygen atoms in total. The van der Waals surface area contributed by atoms with Crippen molar-refractivity contribution in [3.63, 3.8) is 0 Å². The van der Waals surface area contributed by atoms with Crippen molar-refractivity contribution in [3.8, 4) is 33.8 Å². The number of anilines is 1. The van der Waals surface area contributed by atoms with Gasteiger partial charge in [0.05, 0.1) is 28.4 Å². The molecule has 0 aliphatic rings. The fraction of sp³-hybridized carbons (Fsp3) is 0.107. The number of pyridine rings is 2. The molecular weight excluding hydrogens is 450 g/mol. The summed E-state index contributed by atoms with van der Waals surface area (Å²) in [5.41, 5.74) is 7.97. The maximum Gasteiger partial charge on any atom is 0.226 e. The van der Waals surface area contributed by atoms with Gasteiger partial charge in [0, 0.05) is 46.6 Å². The van der Waals surface area contributed by atoms with Crippen LogP contribution in [0.25, 0.3) is 55.7 Å². The third-order valence-corrected chi connectivity index (χ3v) is 6.14. The van der Waals surface area contributed by atoms with Gasteiger partial charge in [-0.15, -0.1) is 0 Å². The Morgan fingerprint density at radius 2 is 1.78 bits per heavy atom. The molecule has 0 fully saturated rings. The standard InChI is InChI=1S/C28H23N7O/c1-16(2)28(36)31-20-11-19(14-30-15-20)17-8-9-23-22(12-17)26(35-34-23)27-32-24-7-3-6-21(25(24)33-27)18-5-4-10-29-13-18/h3-16H,1-2H3,(H,31,36)(H,32,33)(H,34,35). The predicted molar refractivity (Wildman–Crippen MR) is 141 cm³/mol. The number of H-pyrrole nitrogens is 2. The molecule has 6 rings (SSSR count). The minimum Gasteiger partial charge on any atom is -0.337 e. The monoisotopic (exact) mass is 473 g/mol. The lowest BCUT2D eigenvalue weighted by molar-refractivity contribution is -0.118. The average Bonchev–Trinajstić information content (AvgIpc) is 3.53. The molecule has 36 heavy (non-hydrogen) atoms. The summed E-state index contributed by atoms with van der Waals surface area (Å²) >= 11 is 0. The van der Waals surface area contributed by atoms with E-state index in [0.29, 0.717) is 11.5 Å². The molecule has 0 aliphatic heterocycles. The molecule has 4 aromatic heterocycles. The highest BCUT2D eigenvalue weighted by molar-refractivity contribution is 5.98. The first-order valence-corrected chi connectivity index (χ1v) is 11.7. The van der Waals surface area contributed by atoms with Crippen molar-refractivity contribution in [3.05, 3.63) is 79.4 Å². The third-order valence-electron chi connectivity index (χ3n) is 6.14. The van der Waals surface area contributed by atoms with E-state index in [2.05, 4.69) is 36.5 Å². The van der Waals surface area contributed by atoms with Crippen molar-refractivity contribution in [2.24, 2.45) is 5.92 Å². The zero-order chi connectivity index (χ0) is 24.6. The molecule has 8 heteroatoms. The molecule has 3 N–H and O–H groups in total. The molecule has 0 bridgehead atoms. The van der Waals surface area contributed by atoms with Gasteiger partial charge in [-0.25, -0.2) is 4.98 Å². The summed E-state index contributed by atoms with van der Waals surface area (Å²) in [6, 6.07) is 18.0. The molecule has 0 atom stereocenters. The molecule has 4 heterocycles. The zero-order valence-electron chi connectivity index (χ0n) is 19.8. The minimum absolute atomic E-state index is 0.0444. The van der Waals surface area contributed by atoms with Crippen LogP contribution < -0.4 is 5.32 Å². The van der Waals surface area contributed by atoms with Crippen LogP contribution in [-0.4, -0.2) is 36.0 Å². The van der Waals surface area contributed by atoms with Gasteiger partial charge in [0.25, 0.3) is 0 Å². The number of aromatic nitrogens is 6. The third kappa shape index (κ3) is 3.88. The van der Waals surface area contributed by atoms with Crippen LogP contribution >= 0.6 is 0 Å². The highest BCUT2D eigenvalue weighted by Gasteiger charge is 2.16. The number of rotatable bonds is 5. The van der Waals surface area contributed by atoms with Gasteiger partial charge in [-0.1, -0.05) is 38.1 Å². The second kappa shape index (κ2) is 8.74. The van der Waals surface area contributed by atoms with Gasteiger partial charge in [-0.3, -0.25) is 19.9 Å². The molecule has 0 saturated heterocycles. The Bertz CT molecular complexity index is 1720. The lowest BCUT2D eigenvalue weighted by atomic mass is 10.0. The van der Waals surface area contributed by atoms with Gasteiger partial charge in [0.2, 0.25) is 5.91 Å². The van der Waals surface area contributed by atoms with Crippen LogP contribution in [0.5, 0.6) is 0 Å². The first-order valence-electron chi connectivity index (χ1n) is 11.7. The normalized spacial score (nSPS) is 11.4. The van der Waals surface area contributed by atoms with Gasteiger partial charge in [-0.05, 0) is 35.9 Å². The number of benzene rings is 2. The number of para-hydroxylation sites is 1. The van der Waals surface area contributed by atoms with Gasteiger partial charge in [0.1, 0.15) is 5.69 Å². The number of nitrogens with one attached hydrogen (secondary N) is 3. The summed E-state index contributed by atoms with van der Waals surface area (Å²) < 4.78 is 0. The fourth-order valence-electron chi connectivity index (χ4n) is 4.23.